The van der Waals surface area contributed by atoms with E-state index in [0.29, 0.717) is 11.3 Å². The molecule has 0 N–H and O–H groups in total. The molecule has 0 saturated carbocycles. The topological polar surface area (TPSA) is 26.3 Å². The molecule has 0 spiro atoms. The van der Waals surface area contributed by atoms with Crippen LogP contribution in [0.25, 0.3) is 0 Å². The summed E-state index contributed by atoms with van der Waals surface area (Å²) < 4.78 is 6.85. The molecule has 0 bridgehead atoms. The highest BCUT2D eigenvalue weighted by Gasteiger charge is 2.07. The van der Waals surface area contributed by atoms with Gasteiger partial charge in [-0.05, 0) is 65.9 Å². The fraction of sp³-hybridized carbons (Fsp3) is 0.0714. The Labute approximate surface area is 114 Å². The number of benzene rings is 2. The molecule has 0 unspecified atom stereocenters. The predicted octanol–water partition coefficient (Wildman–Crippen LogP) is 4.29. The highest BCUT2D eigenvalue weighted by molar-refractivity contribution is 14.1. The summed E-state index contributed by atoms with van der Waals surface area (Å²) in [6.45, 7) is 1.54. The summed E-state index contributed by atoms with van der Waals surface area (Å²) in [5, 5.41) is 0. The van der Waals surface area contributed by atoms with Crippen LogP contribution in [0.15, 0.2) is 48.5 Å². The number of hydrogen-bond acceptors (Lipinski definition) is 2. The molecular formula is C14H11IO2. The molecule has 2 aromatic carbocycles. The van der Waals surface area contributed by atoms with E-state index >= 15 is 0 Å². The average Bonchev–Trinajstić information content (AvgIpc) is 2.32. The summed E-state index contributed by atoms with van der Waals surface area (Å²) in [5.74, 6) is 1.34. The third-order valence-corrected chi connectivity index (χ3v) is 3.03. The first-order valence-electron chi connectivity index (χ1n) is 5.20. The molecule has 0 amide bonds. The first-order chi connectivity index (χ1) is 8.16. The Bertz CT molecular complexity index is 532. The lowest BCUT2D eigenvalue weighted by molar-refractivity contribution is 0.101. The maximum atomic E-state index is 11.4. The average molecular weight is 338 g/mol. The van der Waals surface area contributed by atoms with Gasteiger partial charge in [0.2, 0.25) is 0 Å². The summed E-state index contributed by atoms with van der Waals surface area (Å²) in [5.41, 5.74) is 0.603. The van der Waals surface area contributed by atoms with Gasteiger partial charge in [0.25, 0.3) is 0 Å². The van der Waals surface area contributed by atoms with Crippen molar-refractivity contribution in [3.63, 3.8) is 0 Å². The summed E-state index contributed by atoms with van der Waals surface area (Å²) >= 11 is 2.24. The van der Waals surface area contributed by atoms with E-state index in [1.54, 1.807) is 12.1 Å². The summed E-state index contributed by atoms with van der Waals surface area (Å²) in [4.78, 5) is 11.4. The highest BCUT2D eigenvalue weighted by atomic mass is 127. The van der Waals surface area contributed by atoms with Gasteiger partial charge in [0.15, 0.2) is 5.78 Å². The standard InChI is InChI=1S/C14H11IO2/c1-10(16)13-4-2-3-5-14(13)17-12-8-6-11(15)7-9-12/h2-9H,1H3. The van der Waals surface area contributed by atoms with E-state index < -0.39 is 0 Å². The Morgan fingerprint density at radius 3 is 2.35 bits per heavy atom. The molecule has 17 heavy (non-hydrogen) atoms. The van der Waals surface area contributed by atoms with Crippen LogP contribution in [0.2, 0.25) is 0 Å². The maximum absolute atomic E-state index is 11.4. The maximum Gasteiger partial charge on any atom is 0.163 e. The second-order valence-electron chi connectivity index (χ2n) is 3.61. The Balaban J connectivity index is 2.30. The number of carbonyl (C=O) groups is 1. The summed E-state index contributed by atoms with van der Waals surface area (Å²) in [7, 11) is 0. The van der Waals surface area contributed by atoms with Crippen molar-refractivity contribution in [1.82, 2.24) is 0 Å². The van der Waals surface area contributed by atoms with Gasteiger partial charge in [-0.25, -0.2) is 0 Å². The number of Topliss-reactive ketones (excluding diaryl/α,β-unsaturated/α-hetero) is 1. The number of ketones is 1. The quantitative estimate of drug-likeness (QED) is 0.617. The van der Waals surface area contributed by atoms with Crippen LogP contribution in [-0.2, 0) is 0 Å². The predicted molar refractivity (Wildman–Crippen MR) is 75.7 cm³/mol. The van der Waals surface area contributed by atoms with E-state index in [1.807, 2.05) is 36.4 Å². The molecule has 0 radical (unpaired) electrons. The summed E-state index contributed by atoms with van der Waals surface area (Å²) in [6.07, 6.45) is 0. The van der Waals surface area contributed by atoms with Crippen molar-refractivity contribution in [3.8, 4) is 11.5 Å². The molecule has 3 heteroatoms. The van der Waals surface area contributed by atoms with Crippen LogP contribution in [0.1, 0.15) is 17.3 Å². The molecule has 0 aliphatic carbocycles. The van der Waals surface area contributed by atoms with Crippen LogP contribution < -0.4 is 4.74 Å². The van der Waals surface area contributed by atoms with Gasteiger partial charge in [-0.15, -0.1) is 0 Å². The van der Waals surface area contributed by atoms with E-state index in [2.05, 4.69) is 22.6 Å². The largest absolute Gasteiger partial charge is 0.457 e. The van der Waals surface area contributed by atoms with Crippen LogP contribution >= 0.6 is 22.6 Å². The molecule has 2 nitrogen and oxygen atoms in total. The van der Waals surface area contributed by atoms with E-state index in [4.69, 9.17) is 4.74 Å². The molecule has 0 aliphatic rings. The molecule has 0 heterocycles. The number of hydrogen-bond donors (Lipinski definition) is 0. The zero-order chi connectivity index (χ0) is 12.3. The Morgan fingerprint density at radius 2 is 1.71 bits per heavy atom. The second-order valence-corrected chi connectivity index (χ2v) is 4.85. The SMILES string of the molecule is CC(=O)c1ccccc1Oc1ccc(I)cc1. The van der Waals surface area contributed by atoms with Crippen LogP contribution in [0, 0.1) is 3.57 Å². The van der Waals surface area contributed by atoms with Crippen LogP contribution in [0.4, 0.5) is 0 Å². The van der Waals surface area contributed by atoms with Crippen LogP contribution in [0.3, 0.4) is 0 Å². The van der Waals surface area contributed by atoms with Crippen LogP contribution in [-0.4, -0.2) is 5.78 Å². The third kappa shape index (κ3) is 3.06. The minimum absolute atomic E-state index is 0.00566. The number of ether oxygens (including phenoxy) is 1. The Morgan fingerprint density at radius 1 is 1.06 bits per heavy atom. The van der Waals surface area contributed by atoms with Crippen molar-refractivity contribution in [1.29, 1.82) is 0 Å². The Hall–Kier alpha value is -1.36. The monoisotopic (exact) mass is 338 g/mol. The first kappa shape index (κ1) is 12.1. The molecule has 2 rings (SSSR count). The van der Waals surface area contributed by atoms with E-state index in [9.17, 15) is 4.79 Å². The normalized spacial score (nSPS) is 10.0. The fourth-order valence-corrected chi connectivity index (χ4v) is 1.84. The number of rotatable bonds is 3. The van der Waals surface area contributed by atoms with Crippen molar-refractivity contribution in [2.24, 2.45) is 0 Å². The van der Waals surface area contributed by atoms with Crippen molar-refractivity contribution in [3.05, 3.63) is 57.7 Å². The fourth-order valence-electron chi connectivity index (χ4n) is 1.48. The van der Waals surface area contributed by atoms with Gasteiger partial charge in [-0.2, -0.15) is 0 Å². The minimum Gasteiger partial charge on any atom is -0.457 e. The van der Waals surface area contributed by atoms with E-state index in [-0.39, 0.29) is 5.78 Å². The van der Waals surface area contributed by atoms with E-state index in [1.165, 1.54) is 6.92 Å². The summed E-state index contributed by atoms with van der Waals surface area (Å²) in [6, 6.07) is 15.0. The van der Waals surface area contributed by atoms with Crippen molar-refractivity contribution in [2.45, 2.75) is 6.92 Å². The van der Waals surface area contributed by atoms with Crippen molar-refractivity contribution < 1.29 is 9.53 Å². The number of halogens is 1. The lowest BCUT2D eigenvalue weighted by atomic mass is 10.1. The smallest absolute Gasteiger partial charge is 0.163 e. The molecule has 0 aromatic heterocycles. The van der Waals surface area contributed by atoms with Crippen LogP contribution in [0.5, 0.6) is 11.5 Å². The zero-order valence-electron chi connectivity index (χ0n) is 9.31. The lowest BCUT2D eigenvalue weighted by Crippen LogP contribution is -1.96. The lowest BCUT2D eigenvalue weighted by Gasteiger charge is -2.08. The number of para-hydroxylation sites is 1. The molecule has 0 saturated heterocycles. The van der Waals surface area contributed by atoms with Gasteiger partial charge >= 0.3 is 0 Å². The number of carbonyl (C=O) groups excluding carboxylic acids is 1. The molecule has 0 atom stereocenters. The molecule has 0 fully saturated rings. The zero-order valence-corrected chi connectivity index (χ0v) is 11.5. The molecule has 86 valence electrons. The third-order valence-electron chi connectivity index (χ3n) is 2.31. The van der Waals surface area contributed by atoms with Gasteiger partial charge < -0.3 is 4.74 Å². The molecule has 2 aromatic rings. The minimum atomic E-state index is 0.00566. The Kier molecular flexibility index (Phi) is 3.78. The first-order valence-corrected chi connectivity index (χ1v) is 6.28. The van der Waals surface area contributed by atoms with Gasteiger partial charge in [-0.1, -0.05) is 12.1 Å². The van der Waals surface area contributed by atoms with Crippen molar-refractivity contribution >= 4 is 28.4 Å². The van der Waals surface area contributed by atoms with E-state index in [0.717, 1.165) is 9.32 Å². The molecule has 0 aliphatic heterocycles. The highest BCUT2D eigenvalue weighted by Crippen LogP contribution is 2.25. The second kappa shape index (κ2) is 5.31. The van der Waals surface area contributed by atoms with Gasteiger partial charge in [0.05, 0.1) is 5.56 Å². The molecular weight excluding hydrogens is 327 g/mol. The van der Waals surface area contributed by atoms with Gasteiger partial charge in [-0.3, -0.25) is 4.79 Å². The van der Waals surface area contributed by atoms with Crippen molar-refractivity contribution in [2.75, 3.05) is 0 Å². The van der Waals surface area contributed by atoms with Gasteiger partial charge in [0, 0.05) is 3.57 Å². The van der Waals surface area contributed by atoms with Gasteiger partial charge in [0.1, 0.15) is 11.5 Å².